The highest BCUT2D eigenvalue weighted by Gasteiger charge is 2.27. The molecule has 1 aliphatic carbocycles. The summed E-state index contributed by atoms with van der Waals surface area (Å²) in [6, 6.07) is 7.95. The molecule has 1 unspecified atom stereocenters. The smallest absolute Gasteiger partial charge is 0.393 e. The van der Waals surface area contributed by atoms with Gasteiger partial charge in [-0.1, -0.05) is 24.3 Å². The van der Waals surface area contributed by atoms with E-state index in [0.29, 0.717) is 0 Å². The summed E-state index contributed by atoms with van der Waals surface area (Å²) >= 11 is 0. The van der Waals surface area contributed by atoms with E-state index < -0.39 is 11.9 Å². The van der Waals surface area contributed by atoms with Gasteiger partial charge in [-0.2, -0.15) is 0 Å². The van der Waals surface area contributed by atoms with Crippen LogP contribution in [0, 0.1) is 5.41 Å². The SMILES string of the molecule is CCOC(=O)C(=N)OCCNNC(=O)C1CCc2ccccc21. The predicted molar refractivity (Wildman–Crippen MR) is 84.0 cm³/mol. The molecule has 7 nitrogen and oxygen atoms in total. The van der Waals surface area contributed by atoms with Crippen molar-refractivity contribution in [1.82, 2.24) is 10.9 Å². The number of benzene rings is 1. The van der Waals surface area contributed by atoms with Crippen molar-refractivity contribution < 1.29 is 19.1 Å². The van der Waals surface area contributed by atoms with Gasteiger partial charge in [0.15, 0.2) is 0 Å². The lowest BCUT2D eigenvalue weighted by Crippen LogP contribution is -2.42. The molecule has 0 saturated carbocycles. The number of ether oxygens (including phenoxy) is 2. The molecule has 0 heterocycles. The molecule has 7 heteroatoms. The highest BCUT2D eigenvalue weighted by molar-refractivity contribution is 6.31. The Morgan fingerprint density at radius 1 is 1.30 bits per heavy atom. The lowest BCUT2D eigenvalue weighted by molar-refractivity contribution is -0.137. The van der Waals surface area contributed by atoms with Crippen LogP contribution in [0.3, 0.4) is 0 Å². The van der Waals surface area contributed by atoms with Gasteiger partial charge in [0.05, 0.1) is 12.5 Å². The largest absolute Gasteiger partial charge is 0.471 e. The van der Waals surface area contributed by atoms with E-state index in [1.54, 1.807) is 6.92 Å². The Balaban J connectivity index is 1.66. The first-order valence-corrected chi connectivity index (χ1v) is 7.62. The van der Waals surface area contributed by atoms with E-state index in [-0.39, 0.29) is 31.6 Å². The van der Waals surface area contributed by atoms with Crippen molar-refractivity contribution >= 4 is 17.8 Å². The third-order valence-corrected chi connectivity index (χ3v) is 3.60. The molecule has 0 bridgehead atoms. The van der Waals surface area contributed by atoms with E-state index >= 15 is 0 Å². The molecular weight excluding hydrogens is 298 g/mol. The molecule has 1 aliphatic rings. The number of carbonyl (C=O) groups excluding carboxylic acids is 2. The van der Waals surface area contributed by atoms with E-state index in [4.69, 9.17) is 10.1 Å². The van der Waals surface area contributed by atoms with Crippen molar-refractivity contribution in [1.29, 1.82) is 5.41 Å². The quantitative estimate of drug-likeness (QED) is 0.238. The van der Waals surface area contributed by atoms with Crippen LogP contribution in [0.2, 0.25) is 0 Å². The summed E-state index contributed by atoms with van der Waals surface area (Å²) in [6.45, 7) is 2.21. The minimum atomic E-state index is -0.793. The Hall–Kier alpha value is -2.41. The molecule has 0 aromatic heterocycles. The highest BCUT2D eigenvalue weighted by atomic mass is 16.6. The summed E-state index contributed by atoms with van der Waals surface area (Å²) in [5, 5.41) is 7.32. The third kappa shape index (κ3) is 4.53. The molecule has 0 saturated heterocycles. The molecule has 0 aliphatic heterocycles. The number of hydrazine groups is 1. The van der Waals surface area contributed by atoms with Crippen LogP contribution in [0.4, 0.5) is 0 Å². The van der Waals surface area contributed by atoms with Gasteiger partial charge in [0.1, 0.15) is 6.61 Å². The zero-order valence-electron chi connectivity index (χ0n) is 13.1. The molecule has 0 spiro atoms. The minimum Gasteiger partial charge on any atom is -0.471 e. The van der Waals surface area contributed by atoms with Gasteiger partial charge in [-0.05, 0) is 30.9 Å². The zero-order valence-corrected chi connectivity index (χ0v) is 13.1. The first-order valence-electron chi connectivity index (χ1n) is 7.62. The number of aryl methyl sites for hydroxylation is 1. The third-order valence-electron chi connectivity index (χ3n) is 3.60. The van der Waals surface area contributed by atoms with Crippen molar-refractivity contribution in [2.45, 2.75) is 25.7 Å². The molecule has 0 radical (unpaired) electrons. The maximum atomic E-state index is 12.2. The van der Waals surface area contributed by atoms with Crippen LogP contribution in [-0.4, -0.2) is 37.5 Å². The van der Waals surface area contributed by atoms with Gasteiger partial charge in [0.2, 0.25) is 5.91 Å². The molecule has 23 heavy (non-hydrogen) atoms. The Labute approximate surface area is 134 Å². The lowest BCUT2D eigenvalue weighted by atomic mass is 10.0. The van der Waals surface area contributed by atoms with Crippen LogP contribution in [0.1, 0.15) is 30.4 Å². The number of hydrogen-bond acceptors (Lipinski definition) is 6. The molecule has 3 N–H and O–H groups in total. The maximum Gasteiger partial charge on any atom is 0.393 e. The van der Waals surface area contributed by atoms with E-state index in [1.165, 1.54) is 5.56 Å². The van der Waals surface area contributed by atoms with Crippen LogP contribution in [0.5, 0.6) is 0 Å². The minimum absolute atomic E-state index is 0.0825. The van der Waals surface area contributed by atoms with Gasteiger partial charge < -0.3 is 9.47 Å². The van der Waals surface area contributed by atoms with Crippen LogP contribution >= 0.6 is 0 Å². The van der Waals surface area contributed by atoms with E-state index in [1.807, 2.05) is 24.3 Å². The van der Waals surface area contributed by atoms with Gasteiger partial charge in [0.25, 0.3) is 5.90 Å². The Morgan fingerprint density at radius 3 is 2.87 bits per heavy atom. The highest BCUT2D eigenvalue weighted by Crippen LogP contribution is 2.32. The number of hydrogen-bond donors (Lipinski definition) is 3. The summed E-state index contributed by atoms with van der Waals surface area (Å²) in [4.78, 5) is 23.3. The van der Waals surface area contributed by atoms with Crippen molar-refractivity contribution in [3.8, 4) is 0 Å². The van der Waals surface area contributed by atoms with Crippen molar-refractivity contribution in [2.24, 2.45) is 0 Å². The standard InChI is InChI=1S/C16H21N3O4/c1-2-22-16(21)14(17)23-10-9-18-19-15(20)13-8-7-11-5-3-4-6-12(11)13/h3-6,13,17-18H,2,7-10H2,1H3,(H,19,20). The normalized spacial score (nSPS) is 15.6. The van der Waals surface area contributed by atoms with Crippen LogP contribution < -0.4 is 10.9 Å². The number of esters is 1. The number of carbonyl (C=O) groups is 2. The van der Waals surface area contributed by atoms with Crippen LogP contribution in [-0.2, 0) is 25.5 Å². The molecule has 1 amide bonds. The van der Waals surface area contributed by atoms with Crippen molar-refractivity contribution in [2.75, 3.05) is 19.8 Å². The second kappa shape index (κ2) is 8.28. The van der Waals surface area contributed by atoms with Gasteiger partial charge in [-0.25, -0.2) is 10.2 Å². The second-order valence-electron chi connectivity index (χ2n) is 5.10. The average molecular weight is 319 g/mol. The van der Waals surface area contributed by atoms with Gasteiger partial charge in [-0.3, -0.25) is 15.6 Å². The Morgan fingerprint density at radius 2 is 2.09 bits per heavy atom. The number of nitrogens with one attached hydrogen (secondary N) is 3. The second-order valence-corrected chi connectivity index (χ2v) is 5.10. The van der Waals surface area contributed by atoms with E-state index in [0.717, 1.165) is 18.4 Å². The number of fused-ring (bicyclic) bond motifs is 1. The molecular formula is C16H21N3O4. The summed E-state index contributed by atoms with van der Waals surface area (Å²) < 4.78 is 9.54. The molecule has 124 valence electrons. The molecule has 0 fully saturated rings. The van der Waals surface area contributed by atoms with Gasteiger partial charge in [-0.15, -0.1) is 0 Å². The predicted octanol–water partition coefficient (Wildman–Crippen LogP) is 0.894. The fourth-order valence-corrected chi connectivity index (χ4v) is 2.53. The van der Waals surface area contributed by atoms with Crippen molar-refractivity contribution in [3.63, 3.8) is 0 Å². The average Bonchev–Trinajstić information content (AvgIpc) is 2.98. The summed E-state index contributed by atoms with van der Waals surface area (Å²) in [5.41, 5.74) is 7.68. The molecule has 2 rings (SSSR count). The summed E-state index contributed by atoms with van der Waals surface area (Å²) in [7, 11) is 0. The molecule has 1 aromatic rings. The summed E-state index contributed by atoms with van der Waals surface area (Å²) in [6.07, 6.45) is 1.71. The fourth-order valence-electron chi connectivity index (χ4n) is 2.53. The first-order chi connectivity index (χ1) is 11.1. The molecule has 1 atom stereocenters. The lowest BCUT2D eigenvalue weighted by Gasteiger charge is -2.13. The van der Waals surface area contributed by atoms with Crippen LogP contribution in [0.25, 0.3) is 0 Å². The summed E-state index contributed by atoms with van der Waals surface area (Å²) in [5.74, 6) is -1.56. The zero-order chi connectivity index (χ0) is 16.7. The van der Waals surface area contributed by atoms with Gasteiger partial charge in [0, 0.05) is 6.54 Å². The monoisotopic (exact) mass is 319 g/mol. The first kappa shape index (κ1) is 17.0. The Kier molecular flexibility index (Phi) is 6.10. The van der Waals surface area contributed by atoms with E-state index in [9.17, 15) is 9.59 Å². The van der Waals surface area contributed by atoms with Crippen molar-refractivity contribution in [3.05, 3.63) is 35.4 Å². The fraction of sp³-hybridized carbons (Fsp3) is 0.438. The molecule has 1 aromatic carbocycles. The maximum absolute atomic E-state index is 12.2. The van der Waals surface area contributed by atoms with E-state index in [2.05, 4.69) is 15.6 Å². The number of rotatable bonds is 6. The number of amides is 1. The Bertz CT molecular complexity index is 588. The van der Waals surface area contributed by atoms with Crippen LogP contribution in [0.15, 0.2) is 24.3 Å². The van der Waals surface area contributed by atoms with Gasteiger partial charge >= 0.3 is 5.97 Å². The topological polar surface area (TPSA) is 101 Å².